The second kappa shape index (κ2) is 9.26. The minimum atomic E-state index is 0. The molecule has 2 nitrogen and oxygen atoms in total. The van der Waals surface area contributed by atoms with Crippen LogP contribution < -0.4 is 17.0 Å². The van der Waals surface area contributed by atoms with E-state index in [2.05, 4.69) is 6.92 Å². The van der Waals surface area contributed by atoms with E-state index in [1.54, 1.807) is 0 Å². The maximum absolute atomic E-state index is 5.26. The van der Waals surface area contributed by atoms with Crippen LogP contribution in [0.15, 0.2) is 0 Å². The molecular weight excluding hydrogens is 220 g/mol. The molecule has 0 aromatic rings. The van der Waals surface area contributed by atoms with Crippen LogP contribution in [0.1, 0.15) is 19.3 Å². The SMILES string of the molecule is [Br-].[CH2-]CCC1OCCCO1.[Mg+2]. The molecule has 1 heterocycles. The van der Waals surface area contributed by atoms with Crippen LogP contribution in [0.4, 0.5) is 0 Å². The molecule has 1 aliphatic rings. The molecule has 0 aromatic carbocycles. The summed E-state index contributed by atoms with van der Waals surface area (Å²) in [7, 11) is 0. The molecule has 4 heteroatoms. The summed E-state index contributed by atoms with van der Waals surface area (Å²) in [6.45, 7) is 5.42. The van der Waals surface area contributed by atoms with Gasteiger partial charge >= 0.3 is 23.1 Å². The van der Waals surface area contributed by atoms with Gasteiger partial charge < -0.3 is 33.4 Å². The first kappa shape index (κ1) is 14.7. The minimum Gasteiger partial charge on any atom is -1.00 e. The summed E-state index contributed by atoms with van der Waals surface area (Å²) in [5, 5.41) is 0. The van der Waals surface area contributed by atoms with Gasteiger partial charge in [-0.2, -0.15) is 6.42 Å². The molecule has 11 heavy (non-hydrogen) atoms. The number of hydrogen-bond donors (Lipinski definition) is 0. The van der Waals surface area contributed by atoms with Gasteiger partial charge in [-0.1, -0.05) is 0 Å². The van der Waals surface area contributed by atoms with E-state index >= 15 is 0 Å². The second-order valence-corrected chi connectivity index (χ2v) is 2.17. The van der Waals surface area contributed by atoms with E-state index in [0.29, 0.717) is 0 Å². The van der Waals surface area contributed by atoms with E-state index in [4.69, 9.17) is 9.47 Å². The summed E-state index contributed by atoms with van der Waals surface area (Å²) >= 11 is 0. The summed E-state index contributed by atoms with van der Waals surface area (Å²) in [5.74, 6) is 0. The van der Waals surface area contributed by atoms with E-state index in [-0.39, 0.29) is 46.3 Å². The average Bonchev–Trinajstić information content (AvgIpc) is 1.91. The predicted octanol–water partition coefficient (Wildman–Crippen LogP) is -2.01. The van der Waals surface area contributed by atoms with Crippen molar-refractivity contribution < 1.29 is 26.5 Å². The Hall–Kier alpha value is 1.17. The molecule has 1 rings (SSSR count). The number of rotatable bonds is 2. The monoisotopic (exact) mass is 232 g/mol. The summed E-state index contributed by atoms with van der Waals surface area (Å²) in [6.07, 6.45) is 2.90. The molecule has 62 valence electrons. The Kier molecular flexibility index (Phi) is 12.4. The Morgan fingerprint density at radius 3 is 2.27 bits per heavy atom. The first-order valence-corrected chi connectivity index (χ1v) is 3.46. The Morgan fingerprint density at radius 2 is 1.82 bits per heavy atom. The molecule has 1 fully saturated rings. The van der Waals surface area contributed by atoms with Crippen LogP contribution in [-0.4, -0.2) is 42.6 Å². The van der Waals surface area contributed by atoms with Gasteiger partial charge in [-0.25, -0.2) is 0 Å². The fraction of sp³-hybridized carbons (Fsp3) is 0.857. The van der Waals surface area contributed by atoms with Gasteiger partial charge in [-0.15, -0.1) is 0 Å². The van der Waals surface area contributed by atoms with Gasteiger partial charge in [0, 0.05) is 0 Å². The maximum atomic E-state index is 5.26. The van der Waals surface area contributed by atoms with Crippen LogP contribution in [0.25, 0.3) is 0 Å². The van der Waals surface area contributed by atoms with Crippen molar-refractivity contribution in [3.8, 4) is 0 Å². The molecule has 1 saturated heterocycles. The first-order chi connectivity index (χ1) is 4.43. The predicted molar refractivity (Wildman–Crippen MR) is 40.7 cm³/mol. The van der Waals surface area contributed by atoms with Crippen molar-refractivity contribution in [2.24, 2.45) is 0 Å². The Bertz CT molecular complexity index is 74.1. The van der Waals surface area contributed by atoms with Crippen molar-refractivity contribution in [3.63, 3.8) is 0 Å². The fourth-order valence-corrected chi connectivity index (χ4v) is 0.870. The third kappa shape index (κ3) is 6.34. The Labute approximate surface area is 94.9 Å². The molecule has 0 bridgehead atoms. The van der Waals surface area contributed by atoms with Gasteiger partial charge in [0.1, 0.15) is 0 Å². The third-order valence-corrected chi connectivity index (χ3v) is 1.34. The minimum absolute atomic E-state index is 0. The van der Waals surface area contributed by atoms with Gasteiger partial charge in [-0.05, 0) is 12.8 Å². The zero-order chi connectivity index (χ0) is 6.53. The molecule has 0 aromatic heterocycles. The van der Waals surface area contributed by atoms with Crippen LogP contribution in [0.3, 0.4) is 0 Å². The molecule has 0 aliphatic carbocycles. The van der Waals surface area contributed by atoms with Crippen LogP contribution >= 0.6 is 0 Å². The van der Waals surface area contributed by atoms with Crippen molar-refractivity contribution in [3.05, 3.63) is 6.92 Å². The van der Waals surface area contributed by atoms with Gasteiger partial charge in [0.15, 0.2) is 6.29 Å². The van der Waals surface area contributed by atoms with Crippen LogP contribution in [-0.2, 0) is 9.47 Å². The topological polar surface area (TPSA) is 18.5 Å². The number of ether oxygens (including phenoxy) is 2. The molecule has 0 unspecified atom stereocenters. The number of hydrogen-bond acceptors (Lipinski definition) is 2. The van der Waals surface area contributed by atoms with Crippen molar-refractivity contribution in [2.75, 3.05) is 13.2 Å². The Morgan fingerprint density at radius 1 is 1.27 bits per heavy atom. The van der Waals surface area contributed by atoms with E-state index in [1.807, 2.05) is 0 Å². The summed E-state index contributed by atoms with van der Waals surface area (Å²) in [6, 6.07) is 0. The van der Waals surface area contributed by atoms with Crippen LogP contribution in [0.5, 0.6) is 0 Å². The van der Waals surface area contributed by atoms with Gasteiger partial charge in [0.2, 0.25) is 0 Å². The smallest absolute Gasteiger partial charge is 1.00 e. The Balaban J connectivity index is 0. The zero-order valence-corrected chi connectivity index (χ0v) is 9.72. The van der Waals surface area contributed by atoms with E-state index < -0.39 is 0 Å². The van der Waals surface area contributed by atoms with E-state index in [9.17, 15) is 0 Å². The van der Waals surface area contributed by atoms with E-state index in [1.165, 1.54) is 0 Å². The van der Waals surface area contributed by atoms with Gasteiger partial charge in [-0.3, -0.25) is 0 Å². The summed E-state index contributed by atoms with van der Waals surface area (Å²) in [4.78, 5) is 0. The largest absolute Gasteiger partial charge is 2.00 e. The van der Waals surface area contributed by atoms with Crippen LogP contribution in [0.2, 0.25) is 0 Å². The molecule has 0 amide bonds. The van der Waals surface area contributed by atoms with Crippen LogP contribution in [0, 0.1) is 6.92 Å². The molecule has 0 N–H and O–H groups in total. The fourth-order valence-electron chi connectivity index (χ4n) is 0.870. The zero-order valence-electron chi connectivity index (χ0n) is 6.72. The maximum Gasteiger partial charge on any atom is 2.00 e. The molecule has 0 radical (unpaired) electrons. The van der Waals surface area contributed by atoms with Gasteiger partial charge in [0.25, 0.3) is 0 Å². The second-order valence-electron chi connectivity index (χ2n) is 2.17. The first-order valence-electron chi connectivity index (χ1n) is 3.46. The van der Waals surface area contributed by atoms with Crippen molar-refractivity contribution in [1.82, 2.24) is 0 Å². The van der Waals surface area contributed by atoms with Crippen molar-refractivity contribution >= 4 is 23.1 Å². The molecule has 1 aliphatic heterocycles. The normalized spacial score (nSPS) is 18.3. The number of halogens is 1. The van der Waals surface area contributed by atoms with Crippen molar-refractivity contribution in [2.45, 2.75) is 25.6 Å². The van der Waals surface area contributed by atoms with Crippen molar-refractivity contribution in [1.29, 1.82) is 0 Å². The van der Waals surface area contributed by atoms with E-state index in [0.717, 1.165) is 32.5 Å². The standard InChI is InChI=1S/C7H13O2.BrH.Mg/c1-2-4-7-8-5-3-6-9-7;;/h7H,1-6H2;1H;/q-1;;+2/p-1. The quantitative estimate of drug-likeness (QED) is 0.405. The van der Waals surface area contributed by atoms with Gasteiger partial charge in [0.05, 0.1) is 13.2 Å². The molecule has 0 spiro atoms. The molecule has 0 atom stereocenters. The molecular formula is C7H13BrMgO2. The average molecular weight is 233 g/mol. The summed E-state index contributed by atoms with van der Waals surface area (Å²) < 4.78 is 10.5. The molecule has 0 saturated carbocycles. The summed E-state index contributed by atoms with van der Waals surface area (Å²) in [5.41, 5.74) is 0. The third-order valence-electron chi connectivity index (χ3n) is 1.34.